The molecule has 0 amide bonds. The molecule has 0 saturated carbocycles. The highest BCUT2D eigenvalue weighted by Gasteiger charge is 2.09. The molecule has 0 aliphatic rings. The van der Waals surface area contributed by atoms with E-state index in [4.69, 9.17) is 4.74 Å². The fourth-order valence-electron chi connectivity index (χ4n) is 1.75. The molecular formula is C13H22N2O. The maximum absolute atomic E-state index is 5.08. The minimum Gasteiger partial charge on any atom is -0.385 e. The molecule has 1 heterocycles. The van der Waals surface area contributed by atoms with Crippen molar-refractivity contribution < 1.29 is 4.74 Å². The molecule has 1 rings (SSSR count). The molecule has 1 aromatic rings. The number of hydrogen-bond donors (Lipinski definition) is 1. The second kappa shape index (κ2) is 7.36. The maximum atomic E-state index is 5.08. The summed E-state index contributed by atoms with van der Waals surface area (Å²) in [5.74, 6) is 0. The smallest absolute Gasteiger partial charge is 0.0462 e. The van der Waals surface area contributed by atoms with Crippen LogP contribution in [0.3, 0.4) is 0 Å². The Labute approximate surface area is 98.2 Å². The summed E-state index contributed by atoms with van der Waals surface area (Å²) in [6.07, 6.45) is 4.13. The van der Waals surface area contributed by atoms with Crippen LogP contribution in [0.15, 0.2) is 18.3 Å². The average Bonchev–Trinajstić information content (AvgIpc) is 2.29. The van der Waals surface area contributed by atoms with Gasteiger partial charge in [-0.2, -0.15) is 0 Å². The average molecular weight is 222 g/mol. The molecule has 0 fully saturated rings. The van der Waals surface area contributed by atoms with Crippen LogP contribution in [0.1, 0.15) is 37.1 Å². The number of hydrogen-bond acceptors (Lipinski definition) is 3. The van der Waals surface area contributed by atoms with Gasteiger partial charge < -0.3 is 10.1 Å². The summed E-state index contributed by atoms with van der Waals surface area (Å²) >= 11 is 0. The Morgan fingerprint density at radius 3 is 2.81 bits per heavy atom. The summed E-state index contributed by atoms with van der Waals surface area (Å²) in [6.45, 7) is 5.94. The zero-order valence-corrected chi connectivity index (χ0v) is 10.5. The van der Waals surface area contributed by atoms with Gasteiger partial charge in [-0.3, -0.25) is 4.98 Å². The van der Waals surface area contributed by atoms with Crippen LogP contribution in [0.5, 0.6) is 0 Å². The minimum absolute atomic E-state index is 0.397. The van der Waals surface area contributed by atoms with Crippen molar-refractivity contribution >= 4 is 0 Å². The lowest BCUT2D eigenvalue weighted by molar-refractivity contribution is 0.189. The number of pyridine rings is 1. The predicted molar refractivity (Wildman–Crippen MR) is 66.5 cm³/mol. The van der Waals surface area contributed by atoms with Gasteiger partial charge in [0.05, 0.1) is 0 Å². The molecule has 0 aliphatic heterocycles. The van der Waals surface area contributed by atoms with E-state index in [1.54, 1.807) is 7.11 Å². The minimum atomic E-state index is 0.397. The Hall–Kier alpha value is -0.930. The van der Waals surface area contributed by atoms with Gasteiger partial charge in [0.15, 0.2) is 0 Å². The van der Waals surface area contributed by atoms with Crippen LogP contribution in [-0.4, -0.2) is 25.2 Å². The SMILES string of the molecule is CCNC(CCCOC)c1ccc(C)nc1. The van der Waals surface area contributed by atoms with Crippen molar-refractivity contribution in [2.45, 2.75) is 32.7 Å². The zero-order valence-electron chi connectivity index (χ0n) is 10.5. The monoisotopic (exact) mass is 222 g/mol. The van der Waals surface area contributed by atoms with Crippen molar-refractivity contribution in [2.24, 2.45) is 0 Å². The first-order valence-corrected chi connectivity index (χ1v) is 5.92. The summed E-state index contributed by atoms with van der Waals surface area (Å²) in [5.41, 5.74) is 2.33. The molecule has 0 saturated heterocycles. The third-order valence-electron chi connectivity index (χ3n) is 2.63. The molecule has 1 atom stereocenters. The van der Waals surface area contributed by atoms with Crippen molar-refractivity contribution in [2.75, 3.05) is 20.3 Å². The Morgan fingerprint density at radius 2 is 2.25 bits per heavy atom. The molecule has 0 spiro atoms. The zero-order chi connectivity index (χ0) is 11.8. The van der Waals surface area contributed by atoms with Gasteiger partial charge in [-0.05, 0) is 37.9 Å². The molecule has 3 nitrogen and oxygen atoms in total. The molecule has 0 aliphatic carbocycles. The third-order valence-corrected chi connectivity index (χ3v) is 2.63. The summed E-state index contributed by atoms with van der Waals surface area (Å²) in [6, 6.07) is 4.62. The molecule has 90 valence electrons. The Bertz CT molecular complexity index is 284. The quantitative estimate of drug-likeness (QED) is 0.720. The van der Waals surface area contributed by atoms with Crippen LogP contribution >= 0.6 is 0 Å². The van der Waals surface area contributed by atoms with Crippen molar-refractivity contribution in [1.29, 1.82) is 0 Å². The van der Waals surface area contributed by atoms with Crippen LogP contribution in [0.25, 0.3) is 0 Å². The van der Waals surface area contributed by atoms with Gasteiger partial charge in [0.1, 0.15) is 0 Å². The molecular weight excluding hydrogens is 200 g/mol. The lowest BCUT2D eigenvalue weighted by atomic mass is 10.0. The number of rotatable bonds is 7. The second-order valence-electron chi connectivity index (χ2n) is 3.98. The van der Waals surface area contributed by atoms with E-state index < -0.39 is 0 Å². The van der Waals surface area contributed by atoms with Crippen LogP contribution in [0.2, 0.25) is 0 Å². The summed E-state index contributed by atoms with van der Waals surface area (Å²) in [7, 11) is 1.75. The number of ether oxygens (including phenoxy) is 1. The maximum Gasteiger partial charge on any atom is 0.0462 e. The Balaban J connectivity index is 2.57. The first-order chi connectivity index (χ1) is 7.77. The largest absolute Gasteiger partial charge is 0.385 e. The van der Waals surface area contributed by atoms with Gasteiger partial charge in [0, 0.05) is 31.6 Å². The van der Waals surface area contributed by atoms with E-state index in [2.05, 4.69) is 29.4 Å². The number of nitrogens with one attached hydrogen (secondary N) is 1. The third kappa shape index (κ3) is 4.29. The fraction of sp³-hybridized carbons (Fsp3) is 0.615. The lowest BCUT2D eigenvalue weighted by Gasteiger charge is -2.17. The van der Waals surface area contributed by atoms with Crippen LogP contribution in [-0.2, 0) is 4.74 Å². The van der Waals surface area contributed by atoms with Crippen LogP contribution in [0.4, 0.5) is 0 Å². The first-order valence-electron chi connectivity index (χ1n) is 5.92. The van der Waals surface area contributed by atoms with E-state index in [0.717, 1.165) is 31.7 Å². The number of methoxy groups -OCH3 is 1. The van der Waals surface area contributed by atoms with Crippen LogP contribution < -0.4 is 5.32 Å². The van der Waals surface area contributed by atoms with Gasteiger partial charge in [-0.15, -0.1) is 0 Å². The number of aromatic nitrogens is 1. The summed E-state index contributed by atoms with van der Waals surface area (Å²) in [4.78, 5) is 4.34. The van der Waals surface area contributed by atoms with E-state index in [-0.39, 0.29) is 0 Å². The topological polar surface area (TPSA) is 34.1 Å². The first kappa shape index (κ1) is 13.1. The van der Waals surface area contributed by atoms with E-state index in [1.807, 2.05) is 13.1 Å². The second-order valence-corrected chi connectivity index (χ2v) is 3.98. The van der Waals surface area contributed by atoms with Gasteiger partial charge in [-0.25, -0.2) is 0 Å². The Morgan fingerprint density at radius 1 is 1.44 bits per heavy atom. The standard InChI is InChI=1S/C13H22N2O/c1-4-14-13(6-5-9-16-3)12-8-7-11(2)15-10-12/h7-8,10,13-14H,4-6,9H2,1-3H3. The van der Waals surface area contributed by atoms with E-state index in [0.29, 0.717) is 6.04 Å². The molecule has 0 radical (unpaired) electrons. The molecule has 3 heteroatoms. The molecule has 0 bridgehead atoms. The summed E-state index contributed by atoms with van der Waals surface area (Å²) in [5, 5.41) is 3.48. The molecule has 1 unspecified atom stereocenters. The number of nitrogens with zero attached hydrogens (tertiary/aromatic N) is 1. The highest BCUT2D eigenvalue weighted by atomic mass is 16.5. The molecule has 16 heavy (non-hydrogen) atoms. The molecule has 0 aromatic carbocycles. The molecule has 1 N–H and O–H groups in total. The van der Waals surface area contributed by atoms with Crippen molar-refractivity contribution in [1.82, 2.24) is 10.3 Å². The van der Waals surface area contributed by atoms with Crippen molar-refractivity contribution in [3.63, 3.8) is 0 Å². The van der Waals surface area contributed by atoms with Crippen molar-refractivity contribution in [3.05, 3.63) is 29.6 Å². The van der Waals surface area contributed by atoms with E-state index in [1.165, 1.54) is 5.56 Å². The summed E-state index contributed by atoms with van der Waals surface area (Å²) < 4.78 is 5.08. The highest BCUT2D eigenvalue weighted by Crippen LogP contribution is 2.17. The highest BCUT2D eigenvalue weighted by molar-refractivity contribution is 5.17. The van der Waals surface area contributed by atoms with Gasteiger partial charge in [0.2, 0.25) is 0 Å². The Kier molecular flexibility index (Phi) is 6.04. The number of aryl methyl sites for hydroxylation is 1. The van der Waals surface area contributed by atoms with Crippen LogP contribution in [0, 0.1) is 6.92 Å². The lowest BCUT2D eigenvalue weighted by Crippen LogP contribution is -2.21. The fourth-order valence-corrected chi connectivity index (χ4v) is 1.75. The van der Waals surface area contributed by atoms with E-state index >= 15 is 0 Å². The predicted octanol–water partition coefficient (Wildman–Crippen LogP) is 2.47. The van der Waals surface area contributed by atoms with Gasteiger partial charge >= 0.3 is 0 Å². The normalized spacial score (nSPS) is 12.7. The van der Waals surface area contributed by atoms with E-state index in [9.17, 15) is 0 Å². The van der Waals surface area contributed by atoms with Gasteiger partial charge in [-0.1, -0.05) is 13.0 Å². The molecule has 1 aromatic heterocycles. The van der Waals surface area contributed by atoms with Gasteiger partial charge in [0.25, 0.3) is 0 Å². The van der Waals surface area contributed by atoms with Crippen molar-refractivity contribution in [3.8, 4) is 0 Å².